The van der Waals surface area contributed by atoms with Crippen LogP contribution in [0, 0.1) is 0 Å². The second kappa shape index (κ2) is 5.97. The van der Waals surface area contributed by atoms with Crippen molar-refractivity contribution >= 4 is 0 Å². The summed E-state index contributed by atoms with van der Waals surface area (Å²) in [5.74, 6) is 0. The third-order valence-corrected chi connectivity index (χ3v) is 3.18. The van der Waals surface area contributed by atoms with Gasteiger partial charge in [-0.1, -0.05) is 30.3 Å². The maximum absolute atomic E-state index is 9.25. The van der Waals surface area contributed by atoms with Crippen molar-refractivity contribution in [1.29, 1.82) is 0 Å². The molecule has 1 heterocycles. The van der Waals surface area contributed by atoms with Crippen molar-refractivity contribution in [2.75, 3.05) is 13.2 Å². The summed E-state index contributed by atoms with van der Waals surface area (Å²) >= 11 is 0. The Balaban J connectivity index is 2.13. The van der Waals surface area contributed by atoms with E-state index in [2.05, 4.69) is 15.5 Å². The van der Waals surface area contributed by atoms with E-state index in [1.54, 1.807) is 13.1 Å². The molecule has 0 fully saturated rings. The predicted molar refractivity (Wildman–Crippen MR) is 73.4 cm³/mol. The number of aliphatic hydroxyl groups excluding tert-OH is 2. The van der Waals surface area contributed by atoms with Gasteiger partial charge in [0.1, 0.15) is 0 Å². The van der Waals surface area contributed by atoms with Crippen LogP contribution in [0.4, 0.5) is 0 Å². The Kier molecular flexibility index (Phi) is 4.31. The van der Waals surface area contributed by atoms with Crippen molar-refractivity contribution in [3.8, 4) is 11.3 Å². The molecule has 1 aromatic carbocycles. The van der Waals surface area contributed by atoms with Crippen molar-refractivity contribution in [2.45, 2.75) is 19.0 Å². The fraction of sp³-hybridized carbons (Fsp3) is 0.357. The topological polar surface area (TPSA) is 81.2 Å². The molecule has 102 valence electrons. The summed E-state index contributed by atoms with van der Waals surface area (Å²) in [6.07, 6.45) is 1.75. The van der Waals surface area contributed by atoms with Crippen LogP contribution >= 0.6 is 0 Å². The Bertz CT molecular complexity index is 506. The van der Waals surface area contributed by atoms with Gasteiger partial charge in [0.15, 0.2) is 0 Å². The largest absolute Gasteiger partial charge is 0.394 e. The monoisotopic (exact) mass is 261 g/mol. The molecule has 0 radical (unpaired) electrons. The Morgan fingerprint density at radius 2 is 1.89 bits per heavy atom. The highest BCUT2D eigenvalue weighted by atomic mass is 16.3. The molecule has 0 aliphatic rings. The van der Waals surface area contributed by atoms with Gasteiger partial charge in [-0.15, -0.1) is 0 Å². The number of hydrogen-bond donors (Lipinski definition) is 4. The summed E-state index contributed by atoms with van der Waals surface area (Å²) in [4.78, 5) is 0. The Hall–Kier alpha value is -1.69. The number of aromatic nitrogens is 2. The van der Waals surface area contributed by atoms with E-state index in [0.29, 0.717) is 6.54 Å². The van der Waals surface area contributed by atoms with E-state index in [4.69, 9.17) is 0 Å². The first-order valence-corrected chi connectivity index (χ1v) is 6.23. The SMILES string of the molecule is CC(CO)(CO)NCc1cn[nH]c1-c1ccccc1. The lowest BCUT2D eigenvalue weighted by atomic mass is 10.0. The zero-order valence-corrected chi connectivity index (χ0v) is 10.9. The zero-order chi connectivity index (χ0) is 13.7. The maximum Gasteiger partial charge on any atom is 0.0695 e. The lowest BCUT2D eigenvalue weighted by Crippen LogP contribution is -2.48. The van der Waals surface area contributed by atoms with Crippen LogP contribution in [-0.4, -0.2) is 39.2 Å². The van der Waals surface area contributed by atoms with E-state index < -0.39 is 5.54 Å². The first-order valence-electron chi connectivity index (χ1n) is 6.23. The summed E-state index contributed by atoms with van der Waals surface area (Å²) in [6, 6.07) is 9.92. The van der Waals surface area contributed by atoms with Gasteiger partial charge in [0.2, 0.25) is 0 Å². The van der Waals surface area contributed by atoms with Crippen LogP contribution in [0.1, 0.15) is 12.5 Å². The fourth-order valence-corrected chi connectivity index (χ4v) is 1.77. The van der Waals surface area contributed by atoms with Crippen LogP contribution in [-0.2, 0) is 6.54 Å². The quantitative estimate of drug-likeness (QED) is 0.623. The average Bonchev–Trinajstić information content (AvgIpc) is 2.94. The lowest BCUT2D eigenvalue weighted by molar-refractivity contribution is 0.103. The van der Waals surface area contributed by atoms with Crippen LogP contribution in [0.3, 0.4) is 0 Å². The van der Waals surface area contributed by atoms with Gasteiger partial charge in [-0.3, -0.25) is 5.10 Å². The van der Waals surface area contributed by atoms with E-state index >= 15 is 0 Å². The Morgan fingerprint density at radius 1 is 1.21 bits per heavy atom. The maximum atomic E-state index is 9.25. The van der Waals surface area contributed by atoms with Crippen LogP contribution < -0.4 is 5.32 Å². The van der Waals surface area contributed by atoms with Crippen LogP contribution in [0.2, 0.25) is 0 Å². The molecule has 2 rings (SSSR count). The second-order valence-corrected chi connectivity index (χ2v) is 4.87. The van der Waals surface area contributed by atoms with Gasteiger partial charge >= 0.3 is 0 Å². The molecule has 0 aliphatic carbocycles. The summed E-state index contributed by atoms with van der Waals surface area (Å²) < 4.78 is 0. The minimum atomic E-state index is -0.689. The van der Waals surface area contributed by atoms with E-state index in [-0.39, 0.29) is 13.2 Å². The highest BCUT2D eigenvalue weighted by molar-refractivity contribution is 5.62. The molecule has 0 amide bonds. The van der Waals surface area contributed by atoms with E-state index in [1.807, 2.05) is 30.3 Å². The molecule has 5 heteroatoms. The van der Waals surface area contributed by atoms with Crippen molar-refractivity contribution in [1.82, 2.24) is 15.5 Å². The third kappa shape index (κ3) is 3.20. The molecular weight excluding hydrogens is 242 g/mol. The van der Waals surface area contributed by atoms with Crippen molar-refractivity contribution in [2.24, 2.45) is 0 Å². The van der Waals surface area contributed by atoms with Gasteiger partial charge in [-0.2, -0.15) is 5.10 Å². The van der Waals surface area contributed by atoms with Gasteiger partial charge in [-0.25, -0.2) is 0 Å². The molecule has 0 unspecified atom stereocenters. The minimum Gasteiger partial charge on any atom is -0.394 e. The van der Waals surface area contributed by atoms with E-state index in [1.165, 1.54) is 0 Å². The number of aromatic amines is 1. The Morgan fingerprint density at radius 3 is 2.53 bits per heavy atom. The second-order valence-electron chi connectivity index (χ2n) is 4.87. The smallest absolute Gasteiger partial charge is 0.0695 e. The molecule has 1 aromatic heterocycles. The van der Waals surface area contributed by atoms with Crippen molar-refractivity contribution in [3.63, 3.8) is 0 Å². The molecule has 0 spiro atoms. The van der Waals surface area contributed by atoms with E-state index in [9.17, 15) is 10.2 Å². The Labute approximate surface area is 112 Å². The minimum absolute atomic E-state index is 0.123. The number of H-pyrrole nitrogens is 1. The molecule has 5 nitrogen and oxygen atoms in total. The highest BCUT2D eigenvalue weighted by Crippen LogP contribution is 2.20. The molecule has 0 aliphatic heterocycles. The van der Waals surface area contributed by atoms with Crippen LogP contribution in [0.25, 0.3) is 11.3 Å². The fourth-order valence-electron chi connectivity index (χ4n) is 1.77. The number of aliphatic hydroxyl groups is 2. The first kappa shape index (κ1) is 13.7. The molecule has 19 heavy (non-hydrogen) atoms. The number of nitrogens with one attached hydrogen (secondary N) is 2. The van der Waals surface area contributed by atoms with Gasteiger partial charge in [-0.05, 0) is 12.5 Å². The lowest BCUT2D eigenvalue weighted by Gasteiger charge is -2.26. The van der Waals surface area contributed by atoms with Crippen LogP contribution in [0.5, 0.6) is 0 Å². The van der Waals surface area contributed by atoms with Gasteiger partial charge in [0.05, 0.1) is 30.6 Å². The summed E-state index contributed by atoms with van der Waals surface area (Å²) in [7, 11) is 0. The van der Waals surface area contributed by atoms with Gasteiger partial charge in [0.25, 0.3) is 0 Å². The summed E-state index contributed by atoms with van der Waals surface area (Å²) in [5, 5.41) is 28.7. The third-order valence-electron chi connectivity index (χ3n) is 3.18. The molecule has 0 bridgehead atoms. The van der Waals surface area contributed by atoms with Crippen molar-refractivity contribution < 1.29 is 10.2 Å². The molecule has 4 N–H and O–H groups in total. The van der Waals surface area contributed by atoms with E-state index in [0.717, 1.165) is 16.8 Å². The standard InChI is InChI=1S/C14H19N3O2/c1-14(9-18,10-19)15-7-12-8-16-17-13(12)11-5-3-2-4-6-11/h2-6,8,15,18-19H,7,9-10H2,1H3,(H,16,17). The molecular formula is C14H19N3O2. The van der Waals surface area contributed by atoms with Crippen molar-refractivity contribution in [3.05, 3.63) is 42.1 Å². The molecule has 0 saturated carbocycles. The zero-order valence-electron chi connectivity index (χ0n) is 10.9. The predicted octanol–water partition coefficient (Wildman–Crippen LogP) is 0.910. The molecule has 2 aromatic rings. The highest BCUT2D eigenvalue weighted by Gasteiger charge is 2.22. The van der Waals surface area contributed by atoms with Gasteiger partial charge in [0, 0.05) is 12.1 Å². The number of nitrogens with zero attached hydrogens (tertiary/aromatic N) is 1. The summed E-state index contributed by atoms with van der Waals surface area (Å²) in [5.41, 5.74) is 2.32. The molecule has 0 saturated heterocycles. The first-order chi connectivity index (χ1) is 9.18. The number of benzene rings is 1. The summed E-state index contributed by atoms with van der Waals surface area (Å²) in [6.45, 7) is 2.05. The molecule has 0 atom stereocenters. The normalized spacial score (nSPS) is 11.7. The van der Waals surface area contributed by atoms with Crippen LogP contribution in [0.15, 0.2) is 36.5 Å². The number of rotatable bonds is 6. The average molecular weight is 261 g/mol. The number of hydrogen-bond acceptors (Lipinski definition) is 4. The van der Waals surface area contributed by atoms with Gasteiger partial charge < -0.3 is 15.5 Å².